The molecule has 0 aliphatic carbocycles. The summed E-state index contributed by atoms with van der Waals surface area (Å²) in [5.41, 5.74) is 1.07. The molecule has 5 nitrogen and oxygen atoms in total. The number of likely N-dealkylation sites (tertiary alicyclic amines) is 1. The predicted octanol–water partition coefficient (Wildman–Crippen LogP) is 1.61. The minimum Gasteiger partial charge on any atom is -0.497 e. The van der Waals surface area contributed by atoms with E-state index in [1.807, 2.05) is 24.3 Å². The molecule has 120 valence electrons. The molecule has 0 radical (unpaired) electrons. The molecular weight excluding hydrogens is 280 g/mol. The van der Waals surface area contributed by atoms with Gasteiger partial charge < -0.3 is 15.0 Å². The maximum absolute atomic E-state index is 12.1. The van der Waals surface area contributed by atoms with Gasteiger partial charge in [-0.15, -0.1) is 0 Å². The monoisotopic (exact) mass is 304 g/mol. The number of nitrogens with one attached hydrogen (secondary N) is 1. The zero-order valence-electron chi connectivity index (χ0n) is 13.3. The van der Waals surface area contributed by atoms with Crippen LogP contribution in [0.2, 0.25) is 0 Å². The maximum Gasteiger partial charge on any atom is 0.311 e. The molecular formula is C17H24N2O3. The lowest BCUT2D eigenvalue weighted by molar-refractivity contribution is -0.146. The fraction of sp³-hybridized carbons (Fsp3) is 0.529. The first-order valence-electron chi connectivity index (χ1n) is 7.80. The molecule has 0 bridgehead atoms. The molecule has 1 aliphatic heterocycles. The summed E-state index contributed by atoms with van der Waals surface area (Å²) in [6.45, 7) is 3.93. The van der Waals surface area contributed by atoms with Gasteiger partial charge >= 0.3 is 11.8 Å². The van der Waals surface area contributed by atoms with Crippen LogP contribution < -0.4 is 10.1 Å². The van der Waals surface area contributed by atoms with Crippen LogP contribution in [-0.2, 0) is 16.0 Å². The Balaban J connectivity index is 1.78. The van der Waals surface area contributed by atoms with E-state index < -0.39 is 11.8 Å². The van der Waals surface area contributed by atoms with Crippen molar-refractivity contribution in [2.24, 2.45) is 5.92 Å². The molecule has 1 unspecified atom stereocenters. The molecule has 1 aromatic rings. The van der Waals surface area contributed by atoms with Gasteiger partial charge in [-0.2, -0.15) is 0 Å². The summed E-state index contributed by atoms with van der Waals surface area (Å²) < 4.78 is 5.16. The number of amides is 2. The van der Waals surface area contributed by atoms with Crippen molar-refractivity contribution in [3.05, 3.63) is 29.8 Å². The van der Waals surface area contributed by atoms with Gasteiger partial charge in [0.1, 0.15) is 5.75 Å². The SMILES string of the molecule is COc1cccc(CCNC(=O)C(=O)N2CCCC(C)C2)c1. The highest BCUT2D eigenvalue weighted by atomic mass is 16.5. The summed E-state index contributed by atoms with van der Waals surface area (Å²) in [5, 5.41) is 2.71. The van der Waals surface area contributed by atoms with E-state index in [4.69, 9.17) is 4.74 Å². The van der Waals surface area contributed by atoms with Crippen molar-refractivity contribution in [2.45, 2.75) is 26.2 Å². The minimum atomic E-state index is -0.503. The van der Waals surface area contributed by atoms with Crippen molar-refractivity contribution in [3.8, 4) is 5.75 Å². The van der Waals surface area contributed by atoms with Gasteiger partial charge in [0.15, 0.2) is 0 Å². The quantitative estimate of drug-likeness (QED) is 0.860. The van der Waals surface area contributed by atoms with Gasteiger partial charge in [0.25, 0.3) is 0 Å². The number of benzene rings is 1. The van der Waals surface area contributed by atoms with Gasteiger partial charge in [0, 0.05) is 19.6 Å². The molecule has 1 atom stereocenters. The van der Waals surface area contributed by atoms with Crippen molar-refractivity contribution >= 4 is 11.8 Å². The molecule has 22 heavy (non-hydrogen) atoms. The predicted molar refractivity (Wildman–Crippen MR) is 84.7 cm³/mol. The second-order valence-corrected chi connectivity index (χ2v) is 5.86. The summed E-state index contributed by atoms with van der Waals surface area (Å²) in [6.07, 6.45) is 2.78. The highest BCUT2D eigenvalue weighted by molar-refractivity contribution is 6.35. The number of carbonyl (C=O) groups is 2. The van der Waals surface area contributed by atoms with Crippen LogP contribution in [0.3, 0.4) is 0 Å². The van der Waals surface area contributed by atoms with Crippen LogP contribution >= 0.6 is 0 Å². The fourth-order valence-corrected chi connectivity index (χ4v) is 2.74. The first-order valence-corrected chi connectivity index (χ1v) is 7.80. The lowest BCUT2D eigenvalue weighted by Crippen LogP contribution is -2.47. The highest BCUT2D eigenvalue weighted by Gasteiger charge is 2.25. The van der Waals surface area contributed by atoms with Gasteiger partial charge in [-0.1, -0.05) is 19.1 Å². The molecule has 1 N–H and O–H groups in total. The van der Waals surface area contributed by atoms with E-state index in [0.717, 1.165) is 24.2 Å². The Labute approximate surface area is 131 Å². The lowest BCUT2D eigenvalue weighted by Gasteiger charge is -2.30. The maximum atomic E-state index is 12.1. The fourth-order valence-electron chi connectivity index (χ4n) is 2.74. The Morgan fingerprint density at radius 3 is 2.95 bits per heavy atom. The third-order valence-corrected chi connectivity index (χ3v) is 3.97. The summed E-state index contributed by atoms with van der Waals surface area (Å²) in [4.78, 5) is 25.7. The normalized spacial score (nSPS) is 17.9. The molecule has 2 amide bonds. The topological polar surface area (TPSA) is 58.6 Å². The van der Waals surface area contributed by atoms with E-state index in [9.17, 15) is 9.59 Å². The standard InChI is InChI=1S/C17H24N2O3/c1-13-5-4-10-19(12-13)17(21)16(20)18-9-8-14-6-3-7-15(11-14)22-2/h3,6-7,11,13H,4-5,8-10,12H2,1-2H3,(H,18,20). The second-order valence-electron chi connectivity index (χ2n) is 5.86. The van der Waals surface area contributed by atoms with Crippen molar-refractivity contribution in [1.82, 2.24) is 10.2 Å². The van der Waals surface area contributed by atoms with Crippen LogP contribution in [0.5, 0.6) is 5.75 Å². The number of nitrogens with zero attached hydrogens (tertiary/aromatic N) is 1. The zero-order chi connectivity index (χ0) is 15.9. The zero-order valence-corrected chi connectivity index (χ0v) is 13.3. The van der Waals surface area contributed by atoms with Gasteiger partial charge in [-0.25, -0.2) is 0 Å². The van der Waals surface area contributed by atoms with Crippen molar-refractivity contribution in [3.63, 3.8) is 0 Å². The number of ether oxygens (including phenoxy) is 1. The molecule has 1 aromatic carbocycles. The Morgan fingerprint density at radius 2 is 2.23 bits per heavy atom. The molecule has 1 saturated heterocycles. The molecule has 2 rings (SSSR count). The largest absolute Gasteiger partial charge is 0.497 e. The molecule has 5 heteroatoms. The van der Waals surface area contributed by atoms with Crippen LogP contribution in [0, 0.1) is 5.92 Å². The van der Waals surface area contributed by atoms with Crippen LogP contribution in [0.15, 0.2) is 24.3 Å². The Morgan fingerprint density at radius 1 is 1.41 bits per heavy atom. The van der Waals surface area contributed by atoms with E-state index in [2.05, 4.69) is 12.2 Å². The van der Waals surface area contributed by atoms with Gasteiger partial charge in [0.2, 0.25) is 0 Å². The van der Waals surface area contributed by atoms with Crippen molar-refractivity contribution in [1.29, 1.82) is 0 Å². The van der Waals surface area contributed by atoms with Crippen LogP contribution in [0.1, 0.15) is 25.3 Å². The first-order chi connectivity index (χ1) is 10.6. The third-order valence-electron chi connectivity index (χ3n) is 3.97. The van der Waals surface area contributed by atoms with E-state index in [-0.39, 0.29) is 0 Å². The summed E-state index contributed by atoms with van der Waals surface area (Å²) in [5.74, 6) is 0.360. The molecule has 0 aromatic heterocycles. The number of rotatable bonds is 4. The number of hydrogen-bond acceptors (Lipinski definition) is 3. The number of hydrogen-bond donors (Lipinski definition) is 1. The lowest BCUT2D eigenvalue weighted by atomic mass is 10.0. The Kier molecular flexibility index (Phi) is 5.81. The molecule has 1 heterocycles. The minimum absolute atomic E-state index is 0.405. The molecule has 0 saturated carbocycles. The van der Waals surface area contributed by atoms with Crippen molar-refractivity contribution < 1.29 is 14.3 Å². The average molecular weight is 304 g/mol. The summed E-state index contributed by atoms with van der Waals surface area (Å²) in [7, 11) is 1.62. The van der Waals surface area contributed by atoms with E-state index in [1.165, 1.54) is 0 Å². The number of piperidine rings is 1. The Bertz CT molecular complexity index is 530. The summed E-state index contributed by atoms with van der Waals surface area (Å²) >= 11 is 0. The van der Waals surface area contributed by atoms with Crippen LogP contribution in [-0.4, -0.2) is 43.5 Å². The number of carbonyl (C=O) groups excluding carboxylic acids is 2. The number of methoxy groups -OCH3 is 1. The van der Waals surface area contributed by atoms with E-state index in [0.29, 0.717) is 32.0 Å². The first kappa shape index (κ1) is 16.3. The molecule has 0 spiro atoms. The van der Waals surface area contributed by atoms with Gasteiger partial charge in [-0.05, 0) is 42.9 Å². The Hall–Kier alpha value is -2.04. The van der Waals surface area contributed by atoms with Crippen molar-refractivity contribution in [2.75, 3.05) is 26.7 Å². The molecule has 1 fully saturated rings. The van der Waals surface area contributed by atoms with Crippen LogP contribution in [0.25, 0.3) is 0 Å². The van der Waals surface area contributed by atoms with Crippen LogP contribution in [0.4, 0.5) is 0 Å². The van der Waals surface area contributed by atoms with Gasteiger partial charge in [0.05, 0.1) is 7.11 Å². The third kappa shape index (κ3) is 4.48. The van der Waals surface area contributed by atoms with E-state index >= 15 is 0 Å². The van der Waals surface area contributed by atoms with E-state index in [1.54, 1.807) is 12.0 Å². The molecule has 1 aliphatic rings. The highest BCUT2D eigenvalue weighted by Crippen LogP contribution is 2.15. The average Bonchev–Trinajstić information content (AvgIpc) is 2.54. The summed E-state index contributed by atoms with van der Waals surface area (Å²) in [6, 6.07) is 7.70. The van der Waals surface area contributed by atoms with Gasteiger partial charge in [-0.3, -0.25) is 9.59 Å². The second kappa shape index (κ2) is 7.82. The smallest absolute Gasteiger partial charge is 0.311 e.